The molecule has 4 N–H and O–H groups in total. The maximum absolute atomic E-state index is 12.6. The molecule has 0 bridgehead atoms. The highest BCUT2D eigenvalue weighted by Gasteiger charge is 2.19. The SMILES string of the molecule is CC(Cc1ccc(O)c(O)c1)C(=O)n1ncc2cc(N)ccc21. The van der Waals surface area contributed by atoms with Crippen LogP contribution in [0.5, 0.6) is 11.5 Å². The van der Waals surface area contributed by atoms with E-state index in [2.05, 4.69) is 5.10 Å². The van der Waals surface area contributed by atoms with Crippen LogP contribution < -0.4 is 5.73 Å². The highest BCUT2D eigenvalue weighted by atomic mass is 16.3. The van der Waals surface area contributed by atoms with E-state index in [1.165, 1.54) is 16.8 Å². The molecule has 118 valence electrons. The predicted molar refractivity (Wildman–Crippen MR) is 87.4 cm³/mol. The summed E-state index contributed by atoms with van der Waals surface area (Å²) in [4.78, 5) is 12.6. The lowest BCUT2D eigenvalue weighted by Crippen LogP contribution is -2.22. The number of benzene rings is 2. The number of nitrogens with zero attached hydrogens (tertiary/aromatic N) is 2. The van der Waals surface area contributed by atoms with Gasteiger partial charge in [-0.3, -0.25) is 4.79 Å². The van der Waals surface area contributed by atoms with Crippen LogP contribution in [0.25, 0.3) is 10.9 Å². The van der Waals surface area contributed by atoms with Crippen molar-refractivity contribution in [2.45, 2.75) is 13.3 Å². The summed E-state index contributed by atoms with van der Waals surface area (Å²) in [5.41, 5.74) is 7.83. The number of hydrogen-bond acceptors (Lipinski definition) is 5. The molecule has 0 saturated heterocycles. The Balaban J connectivity index is 1.84. The minimum atomic E-state index is -0.334. The molecule has 0 aliphatic carbocycles. The van der Waals surface area contributed by atoms with Gasteiger partial charge < -0.3 is 15.9 Å². The van der Waals surface area contributed by atoms with Gasteiger partial charge in [-0.05, 0) is 42.3 Å². The number of nitrogens with two attached hydrogens (primary N) is 1. The van der Waals surface area contributed by atoms with Gasteiger partial charge in [0.05, 0.1) is 11.7 Å². The molecule has 0 aliphatic rings. The van der Waals surface area contributed by atoms with Gasteiger partial charge in [-0.15, -0.1) is 0 Å². The number of phenolic OH excluding ortho intramolecular Hbond substituents is 2. The first-order valence-corrected chi connectivity index (χ1v) is 7.24. The van der Waals surface area contributed by atoms with Crippen LogP contribution in [-0.4, -0.2) is 25.9 Å². The van der Waals surface area contributed by atoms with Crippen LogP contribution in [0.1, 0.15) is 17.3 Å². The van der Waals surface area contributed by atoms with Crippen molar-refractivity contribution in [3.05, 3.63) is 48.2 Å². The third-order valence-electron chi connectivity index (χ3n) is 3.80. The smallest absolute Gasteiger partial charge is 0.250 e. The van der Waals surface area contributed by atoms with Crippen molar-refractivity contribution in [2.24, 2.45) is 5.92 Å². The zero-order valence-corrected chi connectivity index (χ0v) is 12.6. The second kappa shape index (κ2) is 5.64. The van der Waals surface area contributed by atoms with Gasteiger partial charge in [0.1, 0.15) is 0 Å². The Bertz CT molecular complexity index is 886. The fraction of sp³-hybridized carbons (Fsp3) is 0.176. The van der Waals surface area contributed by atoms with E-state index in [0.29, 0.717) is 17.6 Å². The van der Waals surface area contributed by atoms with Crippen molar-refractivity contribution in [2.75, 3.05) is 5.73 Å². The standard InChI is InChI=1S/C17H17N3O3/c1-10(6-11-2-5-15(21)16(22)7-11)17(23)20-14-4-3-13(18)8-12(14)9-19-20/h2-5,7-10,21-22H,6,18H2,1H3. The van der Waals surface area contributed by atoms with Gasteiger partial charge in [-0.1, -0.05) is 13.0 Å². The van der Waals surface area contributed by atoms with E-state index in [4.69, 9.17) is 5.73 Å². The Morgan fingerprint density at radius 2 is 2.00 bits per heavy atom. The summed E-state index contributed by atoms with van der Waals surface area (Å²) in [7, 11) is 0. The molecule has 3 aromatic rings. The number of aromatic nitrogens is 2. The molecule has 1 atom stereocenters. The molecule has 1 heterocycles. The molecule has 1 unspecified atom stereocenters. The number of phenols is 2. The van der Waals surface area contributed by atoms with E-state index in [0.717, 1.165) is 10.9 Å². The van der Waals surface area contributed by atoms with Gasteiger partial charge in [0, 0.05) is 17.0 Å². The van der Waals surface area contributed by atoms with Crippen LogP contribution in [0.2, 0.25) is 0 Å². The summed E-state index contributed by atoms with van der Waals surface area (Å²) >= 11 is 0. The molecule has 0 radical (unpaired) electrons. The largest absolute Gasteiger partial charge is 0.504 e. The Hall–Kier alpha value is -3.02. The first-order chi connectivity index (χ1) is 11.0. The van der Waals surface area contributed by atoms with Gasteiger partial charge in [0.2, 0.25) is 0 Å². The van der Waals surface area contributed by atoms with Crippen LogP contribution in [0.15, 0.2) is 42.6 Å². The van der Waals surface area contributed by atoms with Crippen LogP contribution in [0.3, 0.4) is 0 Å². The summed E-state index contributed by atoms with van der Waals surface area (Å²) in [5.74, 6) is -0.845. The summed E-state index contributed by atoms with van der Waals surface area (Å²) in [6, 6.07) is 9.83. The summed E-state index contributed by atoms with van der Waals surface area (Å²) in [6.07, 6.45) is 2.05. The average molecular weight is 311 g/mol. The molecule has 0 fully saturated rings. The van der Waals surface area contributed by atoms with Gasteiger partial charge >= 0.3 is 0 Å². The second-order valence-corrected chi connectivity index (χ2v) is 5.64. The second-order valence-electron chi connectivity index (χ2n) is 5.64. The van der Waals surface area contributed by atoms with Gasteiger partial charge in [0.25, 0.3) is 5.91 Å². The molecular weight excluding hydrogens is 294 g/mol. The highest BCUT2D eigenvalue weighted by molar-refractivity contribution is 5.93. The lowest BCUT2D eigenvalue weighted by atomic mass is 10.00. The van der Waals surface area contributed by atoms with E-state index in [1.54, 1.807) is 37.4 Å². The third-order valence-corrected chi connectivity index (χ3v) is 3.80. The Labute approximate surface area is 132 Å². The molecule has 6 nitrogen and oxygen atoms in total. The van der Waals surface area contributed by atoms with E-state index in [1.807, 2.05) is 0 Å². The van der Waals surface area contributed by atoms with Gasteiger partial charge in [-0.25, -0.2) is 0 Å². The van der Waals surface area contributed by atoms with Crippen LogP contribution in [0.4, 0.5) is 5.69 Å². The van der Waals surface area contributed by atoms with E-state index >= 15 is 0 Å². The molecule has 6 heteroatoms. The molecule has 0 amide bonds. The van der Waals surface area contributed by atoms with Crippen molar-refractivity contribution < 1.29 is 15.0 Å². The summed E-state index contributed by atoms with van der Waals surface area (Å²) < 4.78 is 1.37. The highest BCUT2D eigenvalue weighted by Crippen LogP contribution is 2.26. The Morgan fingerprint density at radius 1 is 1.22 bits per heavy atom. The number of anilines is 1. The van der Waals surface area contributed by atoms with Crippen molar-refractivity contribution in [3.63, 3.8) is 0 Å². The minimum absolute atomic E-state index is 0.141. The van der Waals surface area contributed by atoms with Gasteiger partial charge in [0.15, 0.2) is 11.5 Å². The quantitative estimate of drug-likeness (QED) is 0.509. The molecule has 3 rings (SSSR count). The number of nitrogen functional groups attached to an aromatic ring is 1. The predicted octanol–water partition coefficient (Wildman–Crippen LogP) is 2.55. The zero-order valence-electron chi connectivity index (χ0n) is 12.6. The first kappa shape index (κ1) is 14.9. The average Bonchev–Trinajstić information content (AvgIpc) is 2.93. The molecule has 0 saturated carbocycles. The maximum Gasteiger partial charge on any atom is 0.250 e. The lowest BCUT2D eigenvalue weighted by Gasteiger charge is -2.12. The van der Waals surface area contributed by atoms with Crippen molar-refractivity contribution in [1.82, 2.24) is 9.78 Å². The molecule has 2 aromatic carbocycles. The monoisotopic (exact) mass is 311 g/mol. The Kier molecular flexibility index (Phi) is 3.65. The van der Waals surface area contributed by atoms with Crippen molar-refractivity contribution in [1.29, 1.82) is 0 Å². The van der Waals surface area contributed by atoms with E-state index < -0.39 is 0 Å². The lowest BCUT2D eigenvalue weighted by molar-refractivity contribution is 0.0833. The first-order valence-electron chi connectivity index (χ1n) is 7.24. The van der Waals surface area contributed by atoms with Gasteiger partial charge in [-0.2, -0.15) is 9.78 Å². The number of aromatic hydroxyl groups is 2. The fourth-order valence-corrected chi connectivity index (χ4v) is 2.57. The summed E-state index contributed by atoms with van der Waals surface area (Å²) in [5, 5.41) is 23.8. The zero-order chi connectivity index (χ0) is 16.6. The van der Waals surface area contributed by atoms with E-state index in [9.17, 15) is 15.0 Å². The third kappa shape index (κ3) is 2.83. The van der Waals surface area contributed by atoms with Crippen molar-refractivity contribution in [3.8, 4) is 11.5 Å². The van der Waals surface area contributed by atoms with E-state index in [-0.39, 0.29) is 23.3 Å². The number of fused-ring (bicyclic) bond motifs is 1. The van der Waals surface area contributed by atoms with Crippen molar-refractivity contribution >= 4 is 22.5 Å². The fourth-order valence-electron chi connectivity index (χ4n) is 2.57. The molecule has 23 heavy (non-hydrogen) atoms. The van der Waals surface area contributed by atoms with Crippen LogP contribution >= 0.6 is 0 Å². The number of carbonyl (C=O) groups excluding carboxylic acids is 1. The normalized spacial score (nSPS) is 12.4. The number of rotatable bonds is 3. The maximum atomic E-state index is 12.6. The number of hydrogen-bond donors (Lipinski definition) is 3. The van der Waals surface area contributed by atoms with Crippen LogP contribution in [-0.2, 0) is 6.42 Å². The molecule has 0 spiro atoms. The molecule has 1 aromatic heterocycles. The molecule has 0 aliphatic heterocycles. The summed E-state index contributed by atoms with van der Waals surface area (Å²) in [6.45, 7) is 1.80. The topological polar surface area (TPSA) is 101 Å². The Morgan fingerprint density at radius 3 is 2.74 bits per heavy atom. The molecular formula is C17H17N3O3. The minimum Gasteiger partial charge on any atom is -0.504 e. The number of carbonyl (C=O) groups is 1. The van der Waals surface area contributed by atoms with Crippen LogP contribution in [0, 0.1) is 5.92 Å².